The number of aromatic nitrogens is 2. The molecule has 1 aromatic heterocycles. The molecule has 1 aromatic carbocycles. The quantitative estimate of drug-likeness (QED) is 0.563. The van der Waals surface area contributed by atoms with Gasteiger partial charge in [-0.25, -0.2) is 4.98 Å². The summed E-state index contributed by atoms with van der Waals surface area (Å²) in [4.78, 5) is 18.4. The second-order valence-electron chi connectivity index (χ2n) is 2.57. The van der Waals surface area contributed by atoms with Gasteiger partial charge in [0.15, 0.2) is 0 Å². The van der Waals surface area contributed by atoms with Gasteiger partial charge in [0, 0.05) is 10.5 Å². The van der Waals surface area contributed by atoms with E-state index in [2.05, 4.69) is 22.6 Å². The van der Waals surface area contributed by atoms with Crippen LogP contribution >= 0.6 is 24.2 Å². The number of hydrogen-bond acceptors (Lipinski definition) is 3. The van der Waals surface area contributed by atoms with Crippen LogP contribution in [-0.4, -0.2) is 15.2 Å². The molecule has 0 spiro atoms. The summed E-state index contributed by atoms with van der Waals surface area (Å²) in [5.74, 6) is 0. The van der Waals surface area contributed by atoms with Gasteiger partial charge in [-0.3, -0.25) is 4.79 Å². The monoisotopic (exact) mass is 212 g/mol. The first kappa shape index (κ1) is 8.59. The topological polar surface area (TPSA) is 45.8 Å². The molecule has 1 heterocycles. The van der Waals surface area contributed by atoms with E-state index in [4.69, 9.17) is 11.6 Å². The number of rotatable bonds is 1. The Morgan fingerprint density at radius 3 is 3.00 bits per heavy atom. The second-order valence-corrected chi connectivity index (χ2v) is 3.39. The van der Waals surface area contributed by atoms with Crippen LogP contribution in [0, 0.1) is 0 Å². The van der Waals surface area contributed by atoms with Crippen LogP contribution in [0.25, 0.3) is 11.0 Å². The van der Waals surface area contributed by atoms with Crippen LogP contribution in [0.5, 0.6) is 0 Å². The van der Waals surface area contributed by atoms with Gasteiger partial charge in [0.25, 0.3) is 5.24 Å². The lowest BCUT2D eigenvalue weighted by atomic mass is 10.2. The first-order valence-electron chi connectivity index (χ1n) is 3.54. The fraction of sp³-hybridized carbons (Fsp3) is 0. The Bertz CT molecular complexity index is 480. The molecule has 5 heteroatoms. The van der Waals surface area contributed by atoms with Gasteiger partial charge in [0.2, 0.25) is 0 Å². The van der Waals surface area contributed by atoms with Gasteiger partial charge in [-0.05, 0) is 23.7 Å². The first-order valence-corrected chi connectivity index (χ1v) is 4.37. The molecule has 0 aliphatic rings. The molecule has 1 N–H and O–H groups in total. The number of halogens is 1. The summed E-state index contributed by atoms with van der Waals surface area (Å²) in [7, 11) is 0. The van der Waals surface area contributed by atoms with Crippen LogP contribution in [0.1, 0.15) is 10.4 Å². The predicted molar refractivity (Wildman–Crippen MR) is 53.5 cm³/mol. The molecule has 13 heavy (non-hydrogen) atoms. The number of thiol groups is 1. The number of fused-ring (bicyclic) bond motifs is 1. The lowest BCUT2D eigenvalue weighted by Gasteiger charge is -1.96. The van der Waals surface area contributed by atoms with E-state index < -0.39 is 5.24 Å². The molecule has 0 saturated carbocycles. The van der Waals surface area contributed by atoms with Crippen molar-refractivity contribution < 1.29 is 4.79 Å². The van der Waals surface area contributed by atoms with Crippen LogP contribution in [0.3, 0.4) is 0 Å². The number of hydrogen-bond donors (Lipinski definition) is 2. The number of carbonyl (C=O) groups is 1. The Labute approximate surface area is 84.5 Å². The van der Waals surface area contributed by atoms with Crippen LogP contribution in [0.15, 0.2) is 23.4 Å². The summed E-state index contributed by atoms with van der Waals surface area (Å²) >= 11 is 9.52. The molecular formula is C8H5ClN2OS. The van der Waals surface area contributed by atoms with Gasteiger partial charge in [0.1, 0.15) is 5.52 Å². The maximum atomic E-state index is 10.9. The van der Waals surface area contributed by atoms with E-state index in [9.17, 15) is 4.79 Å². The van der Waals surface area contributed by atoms with Crippen LogP contribution < -0.4 is 0 Å². The van der Waals surface area contributed by atoms with Crippen molar-refractivity contribution in [1.29, 1.82) is 0 Å². The standard InChI is InChI=1S/C8H5ClN2OS/c9-8(12)4-1-5-7(6(13)2-4)11-3-10-5/h1-3,13H,(H,10,11). The van der Waals surface area contributed by atoms with Crippen molar-refractivity contribution in [2.45, 2.75) is 4.90 Å². The third-order valence-corrected chi connectivity index (χ3v) is 2.29. The molecule has 2 aromatic rings. The molecule has 0 radical (unpaired) electrons. The van der Waals surface area contributed by atoms with E-state index in [-0.39, 0.29) is 0 Å². The van der Waals surface area contributed by atoms with Crippen molar-refractivity contribution in [1.82, 2.24) is 9.97 Å². The van der Waals surface area contributed by atoms with Crippen molar-refractivity contribution in [3.05, 3.63) is 24.0 Å². The summed E-state index contributed by atoms with van der Waals surface area (Å²) in [6, 6.07) is 3.25. The zero-order valence-electron chi connectivity index (χ0n) is 6.41. The average molecular weight is 213 g/mol. The lowest BCUT2D eigenvalue weighted by Crippen LogP contribution is -1.88. The molecule has 0 bridgehead atoms. The van der Waals surface area contributed by atoms with Crippen molar-refractivity contribution >= 4 is 40.5 Å². The van der Waals surface area contributed by atoms with Gasteiger partial charge >= 0.3 is 0 Å². The Morgan fingerprint density at radius 2 is 2.31 bits per heavy atom. The zero-order valence-corrected chi connectivity index (χ0v) is 8.06. The molecule has 0 aliphatic carbocycles. The largest absolute Gasteiger partial charge is 0.345 e. The number of nitrogens with one attached hydrogen (secondary N) is 1. The zero-order chi connectivity index (χ0) is 9.42. The molecule has 0 unspecified atom stereocenters. The lowest BCUT2D eigenvalue weighted by molar-refractivity contribution is 0.108. The van der Waals surface area contributed by atoms with E-state index in [1.54, 1.807) is 18.5 Å². The SMILES string of the molecule is O=C(Cl)c1cc(S)c2nc[nH]c2c1. The number of carbonyl (C=O) groups excluding carboxylic acids is 1. The van der Waals surface area contributed by atoms with Gasteiger partial charge in [0.05, 0.1) is 11.8 Å². The highest BCUT2D eigenvalue weighted by atomic mass is 35.5. The van der Waals surface area contributed by atoms with E-state index in [1.165, 1.54) is 0 Å². The Balaban J connectivity index is 2.77. The van der Waals surface area contributed by atoms with Crippen molar-refractivity contribution in [2.24, 2.45) is 0 Å². The van der Waals surface area contributed by atoms with Crippen molar-refractivity contribution in [2.75, 3.05) is 0 Å². The van der Waals surface area contributed by atoms with Crippen molar-refractivity contribution in [3.63, 3.8) is 0 Å². The summed E-state index contributed by atoms with van der Waals surface area (Å²) in [6.45, 7) is 0. The van der Waals surface area contributed by atoms with Crippen LogP contribution in [0.4, 0.5) is 0 Å². The van der Waals surface area contributed by atoms with Gasteiger partial charge in [-0.2, -0.15) is 0 Å². The predicted octanol–water partition coefficient (Wildman–Crippen LogP) is 2.23. The normalized spacial score (nSPS) is 10.6. The highest BCUT2D eigenvalue weighted by molar-refractivity contribution is 7.80. The number of benzene rings is 1. The number of imidazole rings is 1. The van der Waals surface area contributed by atoms with E-state index >= 15 is 0 Å². The molecule has 0 atom stereocenters. The molecule has 2 rings (SSSR count). The van der Waals surface area contributed by atoms with Crippen molar-refractivity contribution in [3.8, 4) is 0 Å². The Hall–Kier alpha value is -1.00. The fourth-order valence-corrected chi connectivity index (χ4v) is 1.57. The molecule has 66 valence electrons. The summed E-state index contributed by atoms with van der Waals surface area (Å²) < 4.78 is 0. The number of H-pyrrole nitrogens is 1. The third-order valence-electron chi connectivity index (χ3n) is 1.73. The maximum absolute atomic E-state index is 10.9. The van der Waals surface area contributed by atoms with Crippen LogP contribution in [-0.2, 0) is 0 Å². The minimum absolute atomic E-state index is 0.420. The molecule has 0 amide bonds. The Morgan fingerprint density at radius 1 is 1.54 bits per heavy atom. The molecule has 0 saturated heterocycles. The minimum atomic E-state index is -0.494. The highest BCUT2D eigenvalue weighted by Crippen LogP contribution is 2.21. The summed E-state index contributed by atoms with van der Waals surface area (Å²) in [6.07, 6.45) is 1.55. The summed E-state index contributed by atoms with van der Waals surface area (Å²) in [5.41, 5.74) is 1.92. The van der Waals surface area contributed by atoms with Gasteiger partial charge in [-0.1, -0.05) is 0 Å². The van der Waals surface area contributed by atoms with Gasteiger partial charge in [-0.15, -0.1) is 12.6 Å². The first-order chi connectivity index (χ1) is 6.18. The second kappa shape index (κ2) is 3.05. The van der Waals surface area contributed by atoms with E-state index in [1.807, 2.05) is 0 Å². The van der Waals surface area contributed by atoms with Crippen LogP contribution in [0.2, 0.25) is 0 Å². The summed E-state index contributed by atoms with van der Waals surface area (Å²) in [5, 5.41) is -0.494. The number of aromatic amines is 1. The molecule has 0 aliphatic heterocycles. The van der Waals surface area contributed by atoms with E-state index in [0.29, 0.717) is 10.5 Å². The highest BCUT2D eigenvalue weighted by Gasteiger charge is 2.07. The minimum Gasteiger partial charge on any atom is -0.345 e. The van der Waals surface area contributed by atoms with Gasteiger partial charge < -0.3 is 4.98 Å². The number of nitrogens with zero attached hydrogens (tertiary/aromatic N) is 1. The Kier molecular flexibility index (Phi) is 2.01. The average Bonchev–Trinajstić information content (AvgIpc) is 2.51. The maximum Gasteiger partial charge on any atom is 0.252 e. The van der Waals surface area contributed by atoms with E-state index in [0.717, 1.165) is 11.0 Å². The third kappa shape index (κ3) is 1.43. The fourth-order valence-electron chi connectivity index (χ4n) is 1.14. The molecule has 3 nitrogen and oxygen atoms in total. The molecule has 0 fully saturated rings. The smallest absolute Gasteiger partial charge is 0.252 e. The molecular weight excluding hydrogens is 208 g/mol.